The molecule has 1 aromatic rings. The van der Waals surface area contributed by atoms with E-state index in [4.69, 9.17) is 0 Å². The molecule has 1 aliphatic carbocycles. The Bertz CT molecular complexity index is 255. The maximum Gasteiger partial charge on any atom is 0.225 e. The van der Waals surface area contributed by atoms with Crippen molar-refractivity contribution in [1.82, 2.24) is 20.1 Å². The van der Waals surface area contributed by atoms with Crippen LogP contribution in [0.3, 0.4) is 0 Å². The first-order valence-electron chi connectivity index (χ1n) is 4.97. The Morgan fingerprint density at radius 1 is 1.21 bits per heavy atom. The van der Waals surface area contributed by atoms with E-state index in [1.165, 1.54) is 37.2 Å². The average molecular weight is 213 g/mol. The zero-order valence-corrected chi connectivity index (χ0v) is 9.05. The first kappa shape index (κ1) is 9.79. The molecule has 1 fully saturated rings. The monoisotopic (exact) mass is 213 g/mol. The molecule has 0 bridgehead atoms. The summed E-state index contributed by atoms with van der Waals surface area (Å²) in [6, 6.07) is 1.25. The lowest BCUT2D eigenvalue weighted by molar-refractivity contribution is 0.371. The van der Waals surface area contributed by atoms with Crippen molar-refractivity contribution < 1.29 is 0 Å². The minimum absolute atomic E-state index is 0.550. The standard InChI is InChI=1S/C8H15N5S/c1-9-6-2-4-7(5-3-6)10-8-11-12-13-14-8/h6-7,9H,2-5H2,1H3,(H,10,11,13). The molecule has 5 nitrogen and oxygen atoms in total. The molecule has 0 unspecified atom stereocenters. The van der Waals surface area contributed by atoms with E-state index >= 15 is 0 Å². The summed E-state index contributed by atoms with van der Waals surface area (Å²) in [7, 11) is 2.03. The molecule has 0 saturated heterocycles. The Hall–Kier alpha value is -0.750. The highest BCUT2D eigenvalue weighted by Gasteiger charge is 2.20. The highest BCUT2D eigenvalue weighted by atomic mass is 32.1. The second-order valence-corrected chi connectivity index (χ2v) is 4.38. The topological polar surface area (TPSA) is 62.7 Å². The second kappa shape index (κ2) is 4.65. The predicted octanol–water partition coefficient (Wildman–Crippen LogP) is 0.876. The molecule has 1 aliphatic rings. The third kappa shape index (κ3) is 2.39. The molecule has 0 spiro atoms. The molecule has 2 rings (SSSR count). The third-order valence-electron chi connectivity index (χ3n) is 2.76. The highest BCUT2D eigenvalue weighted by Crippen LogP contribution is 2.21. The predicted molar refractivity (Wildman–Crippen MR) is 56.4 cm³/mol. The zero-order valence-electron chi connectivity index (χ0n) is 8.23. The number of anilines is 1. The van der Waals surface area contributed by atoms with Crippen molar-refractivity contribution >= 4 is 16.7 Å². The summed E-state index contributed by atoms with van der Waals surface area (Å²) in [4.78, 5) is 0. The molecular weight excluding hydrogens is 198 g/mol. The number of hydrogen-bond donors (Lipinski definition) is 2. The Balaban J connectivity index is 1.79. The first-order valence-corrected chi connectivity index (χ1v) is 5.74. The van der Waals surface area contributed by atoms with Crippen LogP contribution in [0.25, 0.3) is 0 Å². The number of nitrogens with one attached hydrogen (secondary N) is 2. The summed E-state index contributed by atoms with van der Waals surface area (Å²) < 4.78 is 3.72. The van der Waals surface area contributed by atoms with Gasteiger partial charge in [0.25, 0.3) is 0 Å². The maximum atomic E-state index is 3.88. The van der Waals surface area contributed by atoms with E-state index in [9.17, 15) is 0 Å². The van der Waals surface area contributed by atoms with E-state index in [-0.39, 0.29) is 0 Å². The molecule has 6 heteroatoms. The van der Waals surface area contributed by atoms with Crippen LogP contribution in [-0.2, 0) is 0 Å². The van der Waals surface area contributed by atoms with Gasteiger partial charge in [-0.3, -0.25) is 0 Å². The maximum absolute atomic E-state index is 3.88. The Kier molecular flexibility index (Phi) is 3.26. The highest BCUT2D eigenvalue weighted by molar-refractivity contribution is 7.09. The van der Waals surface area contributed by atoms with Gasteiger partial charge in [0.1, 0.15) is 0 Å². The van der Waals surface area contributed by atoms with E-state index in [0.29, 0.717) is 12.1 Å². The van der Waals surface area contributed by atoms with E-state index in [0.717, 1.165) is 5.13 Å². The van der Waals surface area contributed by atoms with E-state index in [2.05, 4.69) is 25.4 Å². The van der Waals surface area contributed by atoms with Crippen LogP contribution in [0.4, 0.5) is 5.13 Å². The number of nitrogens with zero attached hydrogens (tertiary/aromatic N) is 3. The molecule has 1 aromatic heterocycles. The lowest BCUT2D eigenvalue weighted by atomic mass is 9.91. The summed E-state index contributed by atoms with van der Waals surface area (Å²) in [5.41, 5.74) is 0. The number of hydrogen-bond acceptors (Lipinski definition) is 6. The van der Waals surface area contributed by atoms with E-state index in [1.54, 1.807) is 0 Å². The van der Waals surface area contributed by atoms with Gasteiger partial charge in [-0.1, -0.05) is 9.59 Å². The van der Waals surface area contributed by atoms with Gasteiger partial charge in [-0.05, 0) is 37.9 Å². The fourth-order valence-electron chi connectivity index (χ4n) is 1.89. The van der Waals surface area contributed by atoms with Crippen molar-refractivity contribution in [1.29, 1.82) is 0 Å². The first-order chi connectivity index (χ1) is 6.88. The summed E-state index contributed by atoms with van der Waals surface area (Å²) in [6.45, 7) is 0. The fraction of sp³-hybridized carbons (Fsp3) is 0.875. The van der Waals surface area contributed by atoms with Gasteiger partial charge in [0.2, 0.25) is 5.13 Å². The zero-order chi connectivity index (χ0) is 9.80. The van der Waals surface area contributed by atoms with Gasteiger partial charge in [-0.15, -0.1) is 0 Å². The molecule has 0 amide bonds. The van der Waals surface area contributed by atoms with Crippen LogP contribution in [0, 0.1) is 0 Å². The smallest absolute Gasteiger partial charge is 0.225 e. The van der Waals surface area contributed by atoms with Gasteiger partial charge >= 0.3 is 0 Å². The van der Waals surface area contributed by atoms with Gasteiger partial charge in [-0.2, -0.15) is 0 Å². The normalized spacial score (nSPS) is 27.5. The Morgan fingerprint density at radius 2 is 1.93 bits per heavy atom. The molecule has 0 radical (unpaired) electrons. The number of aromatic nitrogens is 3. The van der Waals surface area contributed by atoms with Crippen molar-refractivity contribution in [3.8, 4) is 0 Å². The molecule has 0 aromatic carbocycles. The lowest BCUT2D eigenvalue weighted by Gasteiger charge is -2.28. The molecule has 1 heterocycles. The molecule has 2 N–H and O–H groups in total. The van der Waals surface area contributed by atoms with Crippen LogP contribution in [0.1, 0.15) is 25.7 Å². The quantitative estimate of drug-likeness (QED) is 0.780. The van der Waals surface area contributed by atoms with Crippen molar-refractivity contribution in [2.24, 2.45) is 0 Å². The van der Waals surface area contributed by atoms with Crippen molar-refractivity contribution in [2.75, 3.05) is 12.4 Å². The SMILES string of the molecule is CNC1CCC(Nc2nnns2)CC1. The molecular formula is C8H15N5S. The molecule has 14 heavy (non-hydrogen) atoms. The Labute approximate surface area is 87.5 Å². The minimum Gasteiger partial charge on any atom is -0.356 e. The fourth-order valence-corrected chi connectivity index (χ4v) is 2.33. The van der Waals surface area contributed by atoms with Gasteiger partial charge in [0, 0.05) is 23.6 Å². The minimum atomic E-state index is 0.550. The Morgan fingerprint density at radius 3 is 2.50 bits per heavy atom. The van der Waals surface area contributed by atoms with Crippen molar-refractivity contribution in [2.45, 2.75) is 37.8 Å². The molecule has 0 aliphatic heterocycles. The van der Waals surface area contributed by atoms with Crippen LogP contribution in [0.15, 0.2) is 0 Å². The lowest BCUT2D eigenvalue weighted by Crippen LogP contribution is -2.34. The van der Waals surface area contributed by atoms with Crippen LogP contribution < -0.4 is 10.6 Å². The summed E-state index contributed by atoms with van der Waals surface area (Å²) in [5.74, 6) is 0. The van der Waals surface area contributed by atoms with Crippen LogP contribution in [-0.4, -0.2) is 33.9 Å². The van der Waals surface area contributed by atoms with Gasteiger partial charge in [0.15, 0.2) is 0 Å². The molecule has 78 valence electrons. The van der Waals surface area contributed by atoms with Crippen LogP contribution >= 0.6 is 11.5 Å². The van der Waals surface area contributed by atoms with Crippen molar-refractivity contribution in [3.63, 3.8) is 0 Å². The molecule has 1 saturated carbocycles. The van der Waals surface area contributed by atoms with Crippen molar-refractivity contribution in [3.05, 3.63) is 0 Å². The third-order valence-corrected chi connectivity index (χ3v) is 3.29. The van der Waals surface area contributed by atoms with E-state index in [1.807, 2.05) is 7.05 Å². The van der Waals surface area contributed by atoms with Gasteiger partial charge < -0.3 is 10.6 Å². The number of rotatable bonds is 3. The molecule has 0 atom stereocenters. The second-order valence-electron chi connectivity index (χ2n) is 3.65. The summed E-state index contributed by atoms with van der Waals surface area (Å²) in [6.07, 6.45) is 4.87. The average Bonchev–Trinajstić information content (AvgIpc) is 2.72. The van der Waals surface area contributed by atoms with Crippen LogP contribution in [0.2, 0.25) is 0 Å². The summed E-state index contributed by atoms with van der Waals surface area (Å²) in [5, 5.41) is 15.0. The largest absolute Gasteiger partial charge is 0.356 e. The summed E-state index contributed by atoms with van der Waals surface area (Å²) >= 11 is 1.32. The van der Waals surface area contributed by atoms with Gasteiger partial charge in [-0.25, -0.2) is 0 Å². The van der Waals surface area contributed by atoms with E-state index < -0.39 is 0 Å². The van der Waals surface area contributed by atoms with Gasteiger partial charge in [0.05, 0.1) is 0 Å². The van der Waals surface area contributed by atoms with Crippen LogP contribution in [0.5, 0.6) is 0 Å².